The highest BCUT2D eigenvalue weighted by Crippen LogP contribution is 2.22. The molecule has 0 fully saturated rings. The molecular weight excluding hydrogens is 251 g/mol. The second-order valence-corrected chi connectivity index (χ2v) is 3.53. The number of ether oxygens (including phenoxy) is 2. The van der Waals surface area contributed by atoms with Gasteiger partial charge in [-0.05, 0) is 24.1 Å². The van der Waals surface area contributed by atoms with Crippen LogP contribution in [0.15, 0.2) is 24.3 Å². The number of carbonyl (C=O) groups is 1. The van der Waals surface area contributed by atoms with Crippen LogP contribution >= 0.6 is 0 Å². The SMILES string of the molecule is COC(=O)[C@@H](N)Cc1ccc(OC(F)(F)F)cc1. The lowest BCUT2D eigenvalue weighted by Gasteiger charge is -2.11. The predicted octanol–water partition coefficient (Wildman–Crippen LogP) is 1.63. The van der Waals surface area contributed by atoms with Gasteiger partial charge >= 0.3 is 12.3 Å². The van der Waals surface area contributed by atoms with Gasteiger partial charge in [0.1, 0.15) is 11.8 Å². The zero-order chi connectivity index (χ0) is 13.8. The Kier molecular flexibility index (Phi) is 4.55. The molecule has 1 aromatic carbocycles. The average Bonchev–Trinajstić information content (AvgIpc) is 2.28. The fourth-order valence-corrected chi connectivity index (χ4v) is 1.32. The third-order valence-corrected chi connectivity index (χ3v) is 2.12. The van der Waals surface area contributed by atoms with Crippen LogP contribution in [0, 0.1) is 0 Å². The summed E-state index contributed by atoms with van der Waals surface area (Å²) in [6, 6.07) is 4.29. The number of hydrogen-bond donors (Lipinski definition) is 1. The van der Waals surface area contributed by atoms with Gasteiger partial charge in [-0.1, -0.05) is 12.1 Å². The highest BCUT2D eigenvalue weighted by atomic mass is 19.4. The fourth-order valence-electron chi connectivity index (χ4n) is 1.32. The van der Waals surface area contributed by atoms with E-state index in [1.165, 1.54) is 19.2 Å². The standard InChI is InChI=1S/C11H12F3NO3/c1-17-10(16)9(15)6-7-2-4-8(5-3-7)18-11(12,13)14/h2-5,9H,6,15H2,1H3/t9-/m0/s1. The van der Waals surface area contributed by atoms with Gasteiger partial charge in [-0.15, -0.1) is 13.2 Å². The Labute approximate surface area is 101 Å². The van der Waals surface area contributed by atoms with Crippen LogP contribution in [0.4, 0.5) is 13.2 Å². The zero-order valence-corrected chi connectivity index (χ0v) is 9.53. The molecule has 18 heavy (non-hydrogen) atoms. The Morgan fingerprint density at radius 3 is 2.33 bits per heavy atom. The molecule has 0 aliphatic carbocycles. The summed E-state index contributed by atoms with van der Waals surface area (Å²) in [6.45, 7) is 0. The minimum absolute atomic E-state index is 0.180. The van der Waals surface area contributed by atoms with Crippen LogP contribution in [0.2, 0.25) is 0 Å². The lowest BCUT2D eigenvalue weighted by atomic mass is 10.1. The number of rotatable bonds is 4. The van der Waals surface area contributed by atoms with E-state index in [4.69, 9.17) is 5.73 Å². The Bertz CT molecular complexity index is 403. The first kappa shape index (κ1) is 14.3. The van der Waals surface area contributed by atoms with Crippen molar-refractivity contribution in [3.8, 4) is 5.75 Å². The quantitative estimate of drug-likeness (QED) is 0.839. The molecule has 0 spiro atoms. The second kappa shape index (κ2) is 5.72. The average molecular weight is 263 g/mol. The summed E-state index contributed by atoms with van der Waals surface area (Å²) in [7, 11) is 1.21. The van der Waals surface area contributed by atoms with E-state index in [0.29, 0.717) is 5.56 Å². The molecule has 0 aliphatic rings. The van der Waals surface area contributed by atoms with Crippen molar-refractivity contribution < 1.29 is 27.4 Å². The minimum atomic E-state index is -4.72. The van der Waals surface area contributed by atoms with E-state index in [1.807, 2.05) is 0 Å². The van der Waals surface area contributed by atoms with Crippen LogP contribution in [0.25, 0.3) is 0 Å². The lowest BCUT2D eigenvalue weighted by molar-refractivity contribution is -0.274. The summed E-state index contributed by atoms with van der Waals surface area (Å²) in [6.07, 6.45) is -4.54. The van der Waals surface area contributed by atoms with Crippen LogP contribution < -0.4 is 10.5 Å². The van der Waals surface area contributed by atoms with Crippen LogP contribution in [0.3, 0.4) is 0 Å². The number of halogens is 3. The van der Waals surface area contributed by atoms with Crippen molar-refractivity contribution in [3.05, 3.63) is 29.8 Å². The van der Waals surface area contributed by atoms with Gasteiger partial charge < -0.3 is 15.2 Å². The molecule has 0 heterocycles. The molecule has 7 heteroatoms. The van der Waals surface area contributed by atoms with Gasteiger partial charge in [-0.25, -0.2) is 0 Å². The molecule has 0 aliphatic heterocycles. The van der Waals surface area contributed by atoms with Crippen molar-refractivity contribution in [2.24, 2.45) is 5.73 Å². The number of methoxy groups -OCH3 is 1. The maximum absolute atomic E-state index is 11.9. The van der Waals surface area contributed by atoms with E-state index in [9.17, 15) is 18.0 Å². The first-order valence-corrected chi connectivity index (χ1v) is 5.00. The first-order valence-electron chi connectivity index (χ1n) is 5.00. The summed E-state index contributed by atoms with van der Waals surface area (Å²) < 4.78 is 43.8. The van der Waals surface area contributed by atoms with Crippen LogP contribution in [-0.4, -0.2) is 25.5 Å². The summed E-state index contributed by atoms with van der Waals surface area (Å²) in [5, 5.41) is 0. The van der Waals surface area contributed by atoms with Crippen molar-refractivity contribution in [1.82, 2.24) is 0 Å². The third-order valence-electron chi connectivity index (χ3n) is 2.12. The summed E-state index contributed by atoms with van der Waals surface area (Å²) in [5.74, 6) is -0.900. The van der Waals surface area contributed by atoms with E-state index in [1.54, 1.807) is 0 Å². The number of nitrogens with two attached hydrogens (primary N) is 1. The van der Waals surface area contributed by atoms with Gasteiger partial charge in [-0.2, -0.15) is 0 Å². The Hall–Kier alpha value is -1.76. The van der Waals surface area contributed by atoms with Crippen LogP contribution in [0.1, 0.15) is 5.56 Å². The zero-order valence-electron chi connectivity index (χ0n) is 9.53. The van der Waals surface area contributed by atoms with Gasteiger partial charge in [0.25, 0.3) is 0 Å². The maximum Gasteiger partial charge on any atom is 0.573 e. The van der Waals surface area contributed by atoms with Gasteiger partial charge in [0.05, 0.1) is 7.11 Å². The molecular formula is C11H12F3NO3. The molecule has 0 bridgehead atoms. The minimum Gasteiger partial charge on any atom is -0.468 e. The molecule has 2 N–H and O–H groups in total. The monoisotopic (exact) mass is 263 g/mol. The van der Waals surface area contributed by atoms with Crippen molar-refractivity contribution >= 4 is 5.97 Å². The smallest absolute Gasteiger partial charge is 0.468 e. The molecule has 0 saturated heterocycles. The molecule has 0 radical (unpaired) electrons. The normalized spacial score (nSPS) is 12.9. The van der Waals surface area contributed by atoms with Crippen molar-refractivity contribution in [2.75, 3.05) is 7.11 Å². The Morgan fingerprint density at radius 1 is 1.33 bits per heavy atom. The number of carbonyl (C=O) groups excluding carboxylic acids is 1. The predicted molar refractivity (Wildman–Crippen MR) is 56.8 cm³/mol. The van der Waals surface area contributed by atoms with E-state index < -0.39 is 18.4 Å². The summed E-state index contributed by atoms with van der Waals surface area (Å²) >= 11 is 0. The van der Waals surface area contributed by atoms with E-state index in [0.717, 1.165) is 12.1 Å². The highest BCUT2D eigenvalue weighted by molar-refractivity contribution is 5.75. The Morgan fingerprint density at radius 2 is 1.89 bits per heavy atom. The molecule has 1 atom stereocenters. The molecule has 4 nitrogen and oxygen atoms in total. The number of alkyl halides is 3. The largest absolute Gasteiger partial charge is 0.573 e. The van der Waals surface area contributed by atoms with Crippen molar-refractivity contribution in [3.63, 3.8) is 0 Å². The second-order valence-electron chi connectivity index (χ2n) is 3.53. The van der Waals surface area contributed by atoms with Crippen molar-refractivity contribution in [1.29, 1.82) is 0 Å². The topological polar surface area (TPSA) is 61.5 Å². The van der Waals surface area contributed by atoms with Crippen LogP contribution in [-0.2, 0) is 16.0 Å². The fraction of sp³-hybridized carbons (Fsp3) is 0.364. The van der Waals surface area contributed by atoms with Crippen molar-refractivity contribution in [2.45, 2.75) is 18.8 Å². The summed E-state index contributed by atoms with van der Waals surface area (Å²) in [5.41, 5.74) is 6.13. The van der Waals surface area contributed by atoms with E-state index in [-0.39, 0.29) is 12.2 Å². The molecule has 100 valence electrons. The molecule has 0 unspecified atom stereocenters. The lowest BCUT2D eigenvalue weighted by Crippen LogP contribution is -2.33. The molecule has 1 rings (SSSR count). The van der Waals surface area contributed by atoms with E-state index >= 15 is 0 Å². The molecule has 0 aromatic heterocycles. The number of esters is 1. The third kappa shape index (κ3) is 4.62. The highest BCUT2D eigenvalue weighted by Gasteiger charge is 2.30. The molecule has 0 saturated carbocycles. The van der Waals surface area contributed by atoms with Crippen LogP contribution in [0.5, 0.6) is 5.75 Å². The maximum atomic E-state index is 11.9. The molecule has 1 aromatic rings. The number of benzene rings is 1. The summed E-state index contributed by atoms with van der Waals surface area (Å²) in [4.78, 5) is 11.1. The molecule has 0 amide bonds. The first-order chi connectivity index (χ1) is 8.31. The van der Waals surface area contributed by atoms with Gasteiger partial charge in [0, 0.05) is 0 Å². The number of hydrogen-bond acceptors (Lipinski definition) is 4. The Balaban J connectivity index is 2.63. The van der Waals surface area contributed by atoms with E-state index in [2.05, 4.69) is 9.47 Å². The van der Waals surface area contributed by atoms with Gasteiger partial charge in [-0.3, -0.25) is 4.79 Å². The van der Waals surface area contributed by atoms with Gasteiger partial charge in [0.15, 0.2) is 0 Å². The van der Waals surface area contributed by atoms with Gasteiger partial charge in [0.2, 0.25) is 0 Å².